The monoisotopic (exact) mass is 876 g/mol. The van der Waals surface area contributed by atoms with E-state index in [1.807, 2.05) is 0 Å². The molecule has 19 nitrogen and oxygen atoms in total. The number of nitrogens with zero attached hydrogens (tertiary/aromatic N) is 1. The number of nitro benzene ring substituents is 1. The summed E-state index contributed by atoms with van der Waals surface area (Å²) in [6, 6.07) is 23.4. The average molecular weight is 877 g/mol. The topological polar surface area (TPSA) is 274 Å². The smallest absolute Gasteiger partial charge is 0.335 e. The van der Waals surface area contributed by atoms with Crippen molar-refractivity contribution in [2.75, 3.05) is 34.9 Å². The highest BCUT2D eigenvalue weighted by Gasteiger charge is 2.24. The van der Waals surface area contributed by atoms with Gasteiger partial charge in [-0.3, -0.25) is 34.1 Å². The molecule has 332 valence electrons. The van der Waals surface area contributed by atoms with Gasteiger partial charge in [0, 0.05) is 47.3 Å². The number of anilines is 4. The van der Waals surface area contributed by atoms with E-state index < -0.39 is 58.4 Å². The van der Waals surface area contributed by atoms with Gasteiger partial charge in [-0.15, -0.1) is 0 Å². The predicted octanol–water partition coefficient (Wildman–Crippen LogP) is 6.71. The van der Waals surface area contributed by atoms with Crippen LogP contribution in [-0.2, 0) is 9.53 Å². The third-order valence-electron chi connectivity index (χ3n) is 9.00. The summed E-state index contributed by atoms with van der Waals surface area (Å²) < 4.78 is 16.8. The van der Waals surface area contributed by atoms with Crippen molar-refractivity contribution >= 4 is 63.9 Å². The summed E-state index contributed by atoms with van der Waals surface area (Å²) in [7, 11) is 1.29. The van der Waals surface area contributed by atoms with Crippen LogP contribution in [0.1, 0.15) is 79.5 Å². The number of carbonyl (C=O) groups is 6. The Morgan fingerprint density at radius 1 is 0.625 bits per heavy atom. The highest BCUT2D eigenvalue weighted by atomic mass is 16.6. The molecule has 5 rings (SSSR count). The van der Waals surface area contributed by atoms with Gasteiger partial charge < -0.3 is 51.0 Å². The summed E-state index contributed by atoms with van der Waals surface area (Å²) in [6.45, 7) is 6.63. The minimum Gasteiger partial charge on any atom is -0.504 e. The molecule has 19 heteroatoms. The predicted molar refractivity (Wildman–Crippen MR) is 235 cm³/mol. The lowest BCUT2D eigenvalue weighted by Gasteiger charge is -2.19. The maximum Gasteiger partial charge on any atom is 0.335 e. The lowest BCUT2D eigenvalue weighted by molar-refractivity contribution is -0.384. The molecule has 5 aromatic carbocycles. The number of non-ortho nitro benzene ring substituents is 1. The van der Waals surface area contributed by atoms with Gasteiger partial charge in [0.25, 0.3) is 35.2 Å². The SMILES string of the molecule is COC(CNC(=O)c1ccc(NC(=O)c2ccc([N+](=O)[O-])cc2)cc1)C(=O)Nc1ccc(C(=O)Nc2ccc(C(=O)Nc3ccc(C(=O)O)cc3OC(C)C)c(O)c2OC(C)C)cc1. The summed E-state index contributed by atoms with van der Waals surface area (Å²) in [4.78, 5) is 87.0. The fourth-order valence-electron chi connectivity index (χ4n) is 5.84. The minimum atomic E-state index is -1.19. The molecule has 0 saturated carbocycles. The van der Waals surface area contributed by atoms with Gasteiger partial charge in [0.1, 0.15) is 5.75 Å². The van der Waals surface area contributed by atoms with E-state index in [-0.39, 0.29) is 69.0 Å². The van der Waals surface area contributed by atoms with Gasteiger partial charge in [0.2, 0.25) is 0 Å². The Balaban J connectivity index is 1.17. The van der Waals surface area contributed by atoms with Gasteiger partial charge in [-0.25, -0.2) is 4.79 Å². The largest absolute Gasteiger partial charge is 0.504 e. The van der Waals surface area contributed by atoms with Gasteiger partial charge in [-0.2, -0.15) is 0 Å². The number of ether oxygens (including phenoxy) is 3. The molecular weight excluding hydrogens is 833 g/mol. The molecule has 0 fully saturated rings. The van der Waals surface area contributed by atoms with E-state index >= 15 is 0 Å². The number of carboxylic acid groups (broad SMARTS) is 1. The Morgan fingerprint density at radius 2 is 1.12 bits per heavy atom. The summed E-state index contributed by atoms with van der Waals surface area (Å²) >= 11 is 0. The van der Waals surface area contributed by atoms with E-state index in [0.717, 1.165) is 0 Å². The van der Waals surface area contributed by atoms with E-state index in [4.69, 9.17) is 14.2 Å². The Hall–Kier alpha value is -8.32. The third kappa shape index (κ3) is 12.2. The number of nitro groups is 1. The second-order valence-corrected chi connectivity index (χ2v) is 14.4. The Bertz CT molecular complexity index is 2560. The van der Waals surface area contributed by atoms with Crippen LogP contribution in [0.4, 0.5) is 28.4 Å². The lowest BCUT2D eigenvalue weighted by atomic mass is 10.1. The van der Waals surface area contributed by atoms with E-state index in [0.29, 0.717) is 11.4 Å². The van der Waals surface area contributed by atoms with Crippen molar-refractivity contribution in [1.29, 1.82) is 0 Å². The number of hydrogen-bond acceptors (Lipinski definition) is 12. The molecule has 5 amide bonds. The average Bonchev–Trinajstić information content (AvgIpc) is 3.25. The summed E-state index contributed by atoms with van der Waals surface area (Å²) in [5.41, 5.74) is 1.05. The molecule has 0 aliphatic carbocycles. The molecule has 0 spiro atoms. The molecule has 0 radical (unpaired) electrons. The van der Waals surface area contributed by atoms with E-state index in [1.54, 1.807) is 27.7 Å². The third-order valence-corrected chi connectivity index (χ3v) is 9.00. The zero-order chi connectivity index (χ0) is 46.7. The molecule has 64 heavy (non-hydrogen) atoms. The van der Waals surface area contributed by atoms with Crippen LogP contribution in [0.2, 0.25) is 0 Å². The molecule has 0 bridgehead atoms. The first-order chi connectivity index (χ1) is 30.4. The molecule has 0 aliphatic rings. The van der Waals surface area contributed by atoms with Crippen LogP contribution in [0.25, 0.3) is 0 Å². The quantitative estimate of drug-likeness (QED) is 0.0356. The van der Waals surface area contributed by atoms with Gasteiger partial charge in [-0.05, 0) is 119 Å². The standard InChI is InChI=1S/C45H44N6O13/c1-24(2)63-36-22-29(45(58)59)12-20-34(36)49-43(56)33-19-21-35(39(38(33)52)64-25(3)4)50-42(55)27-8-15-31(16-9-27)48-44(57)37(62-5)23-46-40(53)26-6-13-30(14-7-26)47-41(54)28-10-17-32(18-11-28)51(60)61/h6-22,24-25,37,52H,23H2,1-5H3,(H,46,53)(H,47,54)(H,48,57)(H,49,56)(H,50,55)(H,58,59). The maximum absolute atomic E-state index is 13.4. The molecule has 1 atom stereocenters. The second kappa shape index (κ2) is 21.0. The first kappa shape index (κ1) is 46.7. The van der Waals surface area contributed by atoms with E-state index in [9.17, 15) is 49.1 Å². The fraction of sp³-hybridized carbons (Fsp3) is 0.200. The fourth-order valence-corrected chi connectivity index (χ4v) is 5.84. The molecule has 0 aliphatic heterocycles. The van der Waals surface area contributed by atoms with Crippen molar-refractivity contribution in [3.8, 4) is 17.2 Å². The van der Waals surface area contributed by atoms with Crippen molar-refractivity contribution in [3.63, 3.8) is 0 Å². The van der Waals surface area contributed by atoms with Crippen LogP contribution in [-0.4, -0.2) is 82.6 Å². The van der Waals surface area contributed by atoms with E-state index in [1.165, 1.54) is 110 Å². The molecular formula is C45H44N6O13. The van der Waals surface area contributed by atoms with Crippen molar-refractivity contribution in [2.45, 2.75) is 46.0 Å². The number of rotatable bonds is 18. The van der Waals surface area contributed by atoms with E-state index in [2.05, 4.69) is 26.6 Å². The number of benzene rings is 5. The summed E-state index contributed by atoms with van der Waals surface area (Å²) in [5, 5.41) is 44.7. The lowest BCUT2D eigenvalue weighted by Crippen LogP contribution is -2.40. The Labute approximate surface area is 365 Å². The van der Waals surface area contributed by atoms with Crippen LogP contribution >= 0.6 is 0 Å². The highest BCUT2D eigenvalue weighted by Crippen LogP contribution is 2.39. The van der Waals surface area contributed by atoms with Gasteiger partial charge in [0.05, 0.1) is 46.2 Å². The molecule has 7 N–H and O–H groups in total. The summed E-state index contributed by atoms with van der Waals surface area (Å²) in [6.07, 6.45) is -1.96. The zero-order valence-corrected chi connectivity index (χ0v) is 35.1. The van der Waals surface area contributed by atoms with Gasteiger partial charge in [-0.1, -0.05) is 0 Å². The Morgan fingerprint density at radius 3 is 1.67 bits per heavy atom. The first-order valence-corrected chi connectivity index (χ1v) is 19.5. The number of carbonyl (C=O) groups excluding carboxylic acids is 5. The number of phenols is 1. The number of nitrogens with one attached hydrogen (secondary N) is 5. The second-order valence-electron chi connectivity index (χ2n) is 14.4. The molecule has 0 aromatic heterocycles. The molecule has 0 saturated heterocycles. The summed E-state index contributed by atoms with van der Waals surface area (Å²) in [5.74, 6) is -4.84. The Kier molecular flexibility index (Phi) is 15.3. The normalized spacial score (nSPS) is 11.2. The molecule has 5 aromatic rings. The molecule has 0 heterocycles. The first-order valence-electron chi connectivity index (χ1n) is 19.5. The van der Waals surface area contributed by atoms with Crippen molar-refractivity contribution in [3.05, 3.63) is 141 Å². The highest BCUT2D eigenvalue weighted by molar-refractivity contribution is 6.10. The van der Waals surface area contributed by atoms with Crippen LogP contribution in [0, 0.1) is 10.1 Å². The van der Waals surface area contributed by atoms with Crippen LogP contribution in [0.5, 0.6) is 17.2 Å². The van der Waals surface area contributed by atoms with Crippen molar-refractivity contribution < 1.29 is 58.1 Å². The minimum absolute atomic E-state index is 0.0483. The number of methoxy groups -OCH3 is 1. The molecule has 1 unspecified atom stereocenters. The maximum atomic E-state index is 13.4. The zero-order valence-electron chi connectivity index (χ0n) is 35.1. The van der Waals surface area contributed by atoms with Crippen LogP contribution in [0.3, 0.4) is 0 Å². The van der Waals surface area contributed by atoms with Gasteiger partial charge in [0.15, 0.2) is 17.6 Å². The van der Waals surface area contributed by atoms with Crippen molar-refractivity contribution in [2.24, 2.45) is 0 Å². The number of amides is 5. The number of aromatic hydroxyl groups is 1. The van der Waals surface area contributed by atoms with Crippen molar-refractivity contribution in [1.82, 2.24) is 5.32 Å². The van der Waals surface area contributed by atoms with Gasteiger partial charge >= 0.3 is 5.97 Å². The number of aromatic carboxylic acids is 1. The number of hydrogen-bond donors (Lipinski definition) is 7. The van der Waals surface area contributed by atoms with Crippen LogP contribution in [0.15, 0.2) is 103 Å². The number of phenolic OH excluding ortho intramolecular Hbond substituents is 1. The number of carboxylic acids is 1. The van der Waals surface area contributed by atoms with Crippen LogP contribution < -0.4 is 36.1 Å².